The minimum absolute atomic E-state index is 0.0330. The van der Waals surface area contributed by atoms with Gasteiger partial charge in [0, 0.05) is 0 Å². The standard InChI is InChI=1S/C9H10O3.C7H6/c1-2-6-3-4-8(10)7(5-6)9(11)12;1-2-6-4-7(3-1)5-6/h3-5,10H,2H2,1H3,(H,11,12);1-4H,5H2. The van der Waals surface area contributed by atoms with Crippen LogP contribution in [0, 0.1) is 0 Å². The van der Waals surface area contributed by atoms with Crippen molar-refractivity contribution in [3.63, 3.8) is 0 Å². The molecule has 2 aliphatic rings. The maximum atomic E-state index is 10.5. The average molecular weight is 256 g/mol. The summed E-state index contributed by atoms with van der Waals surface area (Å²) in [6.07, 6.45) is 1.98. The summed E-state index contributed by atoms with van der Waals surface area (Å²) in [5.41, 5.74) is 3.84. The summed E-state index contributed by atoms with van der Waals surface area (Å²) < 4.78 is 0. The van der Waals surface area contributed by atoms with Crippen molar-refractivity contribution in [3.05, 3.63) is 64.7 Å². The number of carboxylic acid groups (broad SMARTS) is 1. The van der Waals surface area contributed by atoms with Crippen molar-refractivity contribution in [3.8, 4) is 5.75 Å². The lowest BCUT2D eigenvalue weighted by Gasteiger charge is -2.11. The van der Waals surface area contributed by atoms with Crippen LogP contribution in [0.3, 0.4) is 0 Å². The molecule has 0 radical (unpaired) electrons. The van der Waals surface area contributed by atoms with E-state index in [1.165, 1.54) is 29.7 Å². The van der Waals surface area contributed by atoms with Gasteiger partial charge in [0.2, 0.25) is 0 Å². The van der Waals surface area contributed by atoms with Gasteiger partial charge < -0.3 is 10.2 Å². The monoisotopic (exact) mass is 256 g/mol. The number of aromatic hydroxyl groups is 1. The smallest absolute Gasteiger partial charge is 0.339 e. The van der Waals surface area contributed by atoms with E-state index < -0.39 is 5.97 Å². The van der Waals surface area contributed by atoms with Crippen molar-refractivity contribution in [2.45, 2.75) is 19.8 Å². The molecule has 3 heteroatoms. The van der Waals surface area contributed by atoms with Crippen LogP contribution in [0.4, 0.5) is 0 Å². The number of carboxylic acids is 1. The molecule has 0 heterocycles. The summed E-state index contributed by atoms with van der Waals surface area (Å²) in [5.74, 6) is -1.28. The third-order valence-electron chi connectivity index (χ3n) is 3.10. The fourth-order valence-electron chi connectivity index (χ4n) is 1.93. The Labute approximate surface area is 112 Å². The van der Waals surface area contributed by atoms with Crippen molar-refractivity contribution < 1.29 is 15.0 Å². The van der Waals surface area contributed by atoms with E-state index in [1.54, 1.807) is 6.07 Å². The lowest BCUT2D eigenvalue weighted by atomic mass is 9.94. The predicted molar refractivity (Wildman–Crippen MR) is 73.7 cm³/mol. The molecular formula is C16H16O3. The van der Waals surface area contributed by atoms with Crippen LogP contribution in [0.2, 0.25) is 0 Å². The van der Waals surface area contributed by atoms with Gasteiger partial charge >= 0.3 is 5.97 Å². The van der Waals surface area contributed by atoms with Gasteiger partial charge in [-0.25, -0.2) is 4.79 Å². The first-order valence-corrected chi connectivity index (χ1v) is 6.23. The normalized spacial score (nSPS) is 11.0. The maximum absolute atomic E-state index is 10.5. The Balaban J connectivity index is 0.000000159. The van der Waals surface area contributed by atoms with Crippen LogP contribution in [0.25, 0.3) is 0 Å². The molecule has 0 saturated carbocycles. The zero-order valence-corrected chi connectivity index (χ0v) is 10.8. The molecule has 19 heavy (non-hydrogen) atoms. The minimum Gasteiger partial charge on any atom is -0.507 e. The van der Waals surface area contributed by atoms with E-state index >= 15 is 0 Å². The van der Waals surface area contributed by atoms with Gasteiger partial charge in [0.1, 0.15) is 11.3 Å². The van der Waals surface area contributed by atoms with Gasteiger partial charge in [-0.3, -0.25) is 0 Å². The Bertz CT molecular complexity index is 578. The number of hydrogen-bond donors (Lipinski definition) is 2. The van der Waals surface area contributed by atoms with Crippen molar-refractivity contribution in [1.29, 1.82) is 0 Å². The number of benzene rings is 2. The van der Waals surface area contributed by atoms with E-state index in [1.807, 2.05) is 6.92 Å². The van der Waals surface area contributed by atoms with E-state index in [0.717, 1.165) is 12.0 Å². The lowest BCUT2D eigenvalue weighted by Crippen LogP contribution is -1.97. The highest BCUT2D eigenvalue weighted by Gasteiger charge is 2.08. The molecule has 2 N–H and O–H groups in total. The van der Waals surface area contributed by atoms with Gasteiger partial charge in [0.05, 0.1) is 0 Å². The molecule has 98 valence electrons. The Morgan fingerprint density at radius 2 is 1.79 bits per heavy atom. The number of fused-ring (bicyclic) bond motifs is 2. The fourth-order valence-corrected chi connectivity index (χ4v) is 1.93. The second kappa shape index (κ2) is 5.57. The second-order valence-electron chi connectivity index (χ2n) is 4.51. The molecule has 0 unspecified atom stereocenters. The highest BCUT2D eigenvalue weighted by atomic mass is 16.4. The largest absolute Gasteiger partial charge is 0.507 e. The molecule has 0 aliphatic heterocycles. The average Bonchev–Trinajstić information content (AvgIpc) is 2.40. The molecule has 0 atom stereocenters. The van der Waals surface area contributed by atoms with Crippen molar-refractivity contribution in [1.82, 2.24) is 0 Å². The third kappa shape index (κ3) is 3.13. The van der Waals surface area contributed by atoms with E-state index in [2.05, 4.69) is 24.3 Å². The van der Waals surface area contributed by atoms with Crippen LogP contribution in [-0.2, 0) is 12.8 Å². The highest BCUT2D eigenvalue weighted by molar-refractivity contribution is 5.90. The van der Waals surface area contributed by atoms with Crippen molar-refractivity contribution in [2.24, 2.45) is 0 Å². The molecule has 0 amide bonds. The second-order valence-corrected chi connectivity index (χ2v) is 4.51. The summed E-state index contributed by atoms with van der Waals surface area (Å²) in [7, 11) is 0. The first-order chi connectivity index (χ1) is 9.10. The Kier molecular flexibility index (Phi) is 3.85. The van der Waals surface area contributed by atoms with Gasteiger partial charge in [0.25, 0.3) is 0 Å². The SMILES string of the molecule is CCc1ccc(O)c(C(=O)O)c1.c1cc2cc(c1)C2. The molecule has 0 aromatic heterocycles. The molecule has 3 nitrogen and oxygen atoms in total. The van der Waals surface area contributed by atoms with Crippen molar-refractivity contribution in [2.75, 3.05) is 0 Å². The molecular weight excluding hydrogens is 240 g/mol. The first kappa shape index (κ1) is 13.1. The van der Waals surface area contributed by atoms with Crippen LogP contribution >= 0.6 is 0 Å². The molecule has 2 aromatic rings. The van der Waals surface area contributed by atoms with Crippen LogP contribution in [0.5, 0.6) is 5.75 Å². The summed E-state index contributed by atoms with van der Waals surface area (Å²) in [6, 6.07) is 13.2. The van der Waals surface area contributed by atoms with Gasteiger partial charge in [-0.15, -0.1) is 0 Å². The Morgan fingerprint density at radius 1 is 1.16 bits per heavy atom. The summed E-state index contributed by atoms with van der Waals surface area (Å²) in [6.45, 7) is 1.93. The van der Waals surface area contributed by atoms with E-state index in [4.69, 9.17) is 10.2 Å². The number of phenols is 1. The molecule has 0 saturated heterocycles. The number of rotatable bonds is 2. The van der Waals surface area contributed by atoms with Crippen LogP contribution in [0.1, 0.15) is 34.0 Å². The van der Waals surface area contributed by atoms with E-state index in [9.17, 15) is 4.79 Å². The van der Waals surface area contributed by atoms with Gasteiger partial charge in [-0.1, -0.05) is 37.3 Å². The highest BCUT2D eigenvalue weighted by Crippen LogP contribution is 2.19. The lowest BCUT2D eigenvalue weighted by molar-refractivity contribution is 0.0693. The topological polar surface area (TPSA) is 57.5 Å². The zero-order valence-electron chi connectivity index (χ0n) is 10.8. The van der Waals surface area contributed by atoms with Gasteiger partial charge in [-0.05, 0) is 41.7 Å². The summed E-state index contributed by atoms with van der Waals surface area (Å²) >= 11 is 0. The van der Waals surface area contributed by atoms with Gasteiger partial charge in [-0.2, -0.15) is 0 Å². The van der Waals surface area contributed by atoms with Crippen LogP contribution in [0.15, 0.2) is 42.5 Å². The first-order valence-electron chi connectivity index (χ1n) is 6.23. The molecule has 4 rings (SSSR count). The quantitative estimate of drug-likeness (QED) is 0.740. The molecule has 2 aromatic carbocycles. The molecule has 2 aliphatic carbocycles. The zero-order chi connectivity index (χ0) is 13.8. The number of carbonyl (C=O) groups is 1. The molecule has 2 bridgehead atoms. The molecule has 0 spiro atoms. The van der Waals surface area contributed by atoms with Gasteiger partial charge in [0.15, 0.2) is 0 Å². The Morgan fingerprint density at radius 3 is 2.16 bits per heavy atom. The van der Waals surface area contributed by atoms with E-state index in [-0.39, 0.29) is 11.3 Å². The third-order valence-corrected chi connectivity index (χ3v) is 3.10. The number of hydrogen-bond acceptors (Lipinski definition) is 2. The van der Waals surface area contributed by atoms with Crippen LogP contribution < -0.4 is 0 Å². The maximum Gasteiger partial charge on any atom is 0.339 e. The minimum atomic E-state index is -1.09. The van der Waals surface area contributed by atoms with Crippen molar-refractivity contribution >= 4 is 5.97 Å². The van der Waals surface area contributed by atoms with E-state index in [0.29, 0.717) is 0 Å². The van der Waals surface area contributed by atoms with Crippen LogP contribution in [-0.4, -0.2) is 16.2 Å². The number of aromatic carboxylic acids is 1. The predicted octanol–water partition coefficient (Wildman–Crippen LogP) is 3.24. The summed E-state index contributed by atoms with van der Waals surface area (Å²) in [4.78, 5) is 10.5. The Hall–Kier alpha value is -2.29. The molecule has 0 fully saturated rings. The fraction of sp³-hybridized carbons (Fsp3) is 0.188. The summed E-state index contributed by atoms with van der Waals surface area (Å²) in [5, 5.41) is 17.7. The number of aryl methyl sites for hydroxylation is 1.